The molecule has 15 heteroatoms. The summed E-state index contributed by atoms with van der Waals surface area (Å²) in [5, 5.41) is 22.0. The third-order valence-electron chi connectivity index (χ3n) is 6.48. The van der Waals surface area contributed by atoms with Crippen LogP contribution in [0, 0.1) is 10.1 Å². The first-order chi connectivity index (χ1) is 21.1. The summed E-state index contributed by atoms with van der Waals surface area (Å²) in [4.78, 5) is 75.8. The van der Waals surface area contributed by atoms with E-state index in [-0.39, 0.29) is 30.0 Å². The Morgan fingerprint density at radius 2 is 1.71 bits per heavy atom. The summed E-state index contributed by atoms with van der Waals surface area (Å²) in [5.41, 5.74) is 5.11. The summed E-state index contributed by atoms with van der Waals surface area (Å²) in [7, 11) is 0. The number of nitro groups is 1. The Morgan fingerprint density at radius 1 is 1.04 bits per heavy atom. The fraction of sp³-hybridized carbons (Fsp3) is 0.433. The summed E-state index contributed by atoms with van der Waals surface area (Å²) >= 11 is 0. The highest BCUT2D eigenvalue weighted by Crippen LogP contribution is 2.33. The van der Waals surface area contributed by atoms with E-state index >= 15 is 0 Å². The van der Waals surface area contributed by atoms with Crippen molar-refractivity contribution < 1.29 is 38.4 Å². The number of nitrogens with zero attached hydrogens (tertiary/aromatic N) is 1. The predicted octanol–water partition coefficient (Wildman–Crippen LogP) is 1.75. The molecule has 0 fully saturated rings. The number of ether oxygens (including phenoxy) is 2. The van der Waals surface area contributed by atoms with Crippen molar-refractivity contribution in [3.8, 4) is 11.5 Å². The van der Waals surface area contributed by atoms with E-state index < -0.39 is 64.8 Å². The highest BCUT2D eigenvalue weighted by atomic mass is 16.6. The van der Waals surface area contributed by atoms with Crippen molar-refractivity contribution in [3.05, 3.63) is 63.7 Å². The fourth-order valence-electron chi connectivity index (χ4n) is 4.40. The Labute approximate surface area is 259 Å². The predicted molar refractivity (Wildman–Crippen MR) is 161 cm³/mol. The lowest BCUT2D eigenvalue weighted by atomic mass is 10.0. The second-order valence-corrected chi connectivity index (χ2v) is 11.5. The standard InChI is InChI=1S/C30H38N6O9/c1-5-12-32-26(38)20-13-17-6-9-19(10-7-17)44-24-15-18(8-11-23(24)36(42)43)14-21(35-29(41)45-30(2,3)4)27(39)34-22(16-25(31)37)28(40)33-20/h6-11,15,20-22H,5,12-14,16H2,1-4H3,(H2,31,37)(H,32,38)(H,33,40)(H,34,39)(H,35,41)/t20-,21-,22-/m0/s1. The minimum absolute atomic E-state index is 0.0251. The Balaban J connectivity index is 2.10. The van der Waals surface area contributed by atoms with Crippen LogP contribution in [-0.2, 0) is 36.8 Å². The molecular formula is C30H38N6O9. The van der Waals surface area contributed by atoms with Gasteiger partial charge in [0.25, 0.3) is 0 Å². The Kier molecular flexibility index (Phi) is 11.4. The van der Waals surface area contributed by atoms with Crippen LogP contribution in [0.2, 0.25) is 0 Å². The second-order valence-electron chi connectivity index (χ2n) is 11.5. The molecule has 4 rings (SSSR count). The van der Waals surface area contributed by atoms with Gasteiger partial charge in [-0.1, -0.05) is 25.1 Å². The monoisotopic (exact) mass is 626 g/mol. The van der Waals surface area contributed by atoms with Crippen LogP contribution in [0.1, 0.15) is 51.7 Å². The summed E-state index contributed by atoms with van der Waals surface area (Å²) in [6.07, 6.45) is -1.11. The van der Waals surface area contributed by atoms with Crippen molar-refractivity contribution in [1.29, 1.82) is 0 Å². The smallest absolute Gasteiger partial charge is 0.408 e. The van der Waals surface area contributed by atoms with Gasteiger partial charge in [-0.15, -0.1) is 0 Å². The zero-order chi connectivity index (χ0) is 33.3. The van der Waals surface area contributed by atoms with Gasteiger partial charge in [-0.05, 0) is 56.5 Å². The van der Waals surface area contributed by atoms with E-state index in [4.69, 9.17) is 15.2 Å². The first-order valence-corrected chi connectivity index (χ1v) is 14.4. The van der Waals surface area contributed by atoms with Gasteiger partial charge in [-0.3, -0.25) is 29.3 Å². The highest BCUT2D eigenvalue weighted by Gasteiger charge is 2.32. The summed E-state index contributed by atoms with van der Waals surface area (Å²) in [6, 6.07) is 6.36. The molecule has 2 aliphatic rings. The van der Waals surface area contributed by atoms with Crippen LogP contribution in [0.5, 0.6) is 11.5 Å². The molecule has 4 bridgehead atoms. The number of primary amides is 1. The normalized spacial score (nSPS) is 18.8. The fourth-order valence-corrected chi connectivity index (χ4v) is 4.40. The number of amides is 5. The summed E-state index contributed by atoms with van der Waals surface area (Å²) in [5.74, 6) is -3.00. The molecule has 0 unspecified atom stereocenters. The Hall–Kier alpha value is -5.21. The highest BCUT2D eigenvalue weighted by molar-refractivity contribution is 5.96. The van der Waals surface area contributed by atoms with Gasteiger partial charge >= 0.3 is 11.8 Å². The van der Waals surface area contributed by atoms with Gasteiger partial charge in [0.2, 0.25) is 29.4 Å². The van der Waals surface area contributed by atoms with Gasteiger partial charge < -0.3 is 36.5 Å². The topological polar surface area (TPSA) is 221 Å². The molecule has 15 nitrogen and oxygen atoms in total. The molecule has 2 aromatic rings. The lowest BCUT2D eigenvalue weighted by Gasteiger charge is -2.26. The van der Waals surface area contributed by atoms with Crippen molar-refractivity contribution in [3.63, 3.8) is 0 Å². The van der Waals surface area contributed by atoms with E-state index in [2.05, 4.69) is 21.3 Å². The molecule has 45 heavy (non-hydrogen) atoms. The van der Waals surface area contributed by atoms with Gasteiger partial charge in [-0.25, -0.2) is 4.79 Å². The minimum atomic E-state index is -1.51. The third-order valence-corrected chi connectivity index (χ3v) is 6.48. The number of fused-ring (bicyclic) bond motifs is 10. The minimum Gasteiger partial charge on any atom is -0.450 e. The number of nitrogens with one attached hydrogen (secondary N) is 4. The molecule has 3 atom stereocenters. The maximum Gasteiger partial charge on any atom is 0.408 e. The third kappa shape index (κ3) is 10.5. The quantitative estimate of drug-likeness (QED) is 0.223. The zero-order valence-electron chi connectivity index (χ0n) is 25.5. The first kappa shape index (κ1) is 34.3. The number of carbonyl (C=O) groups is 5. The molecule has 0 radical (unpaired) electrons. The molecule has 0 spiro atoms. The number of alkyl carbamates (subject to hydrolysis) is 1. The van der Waals surface area contributed by atoms with Gasteiger partial charge in [-0.2, -0.15) is 0 Å². The van der Waals surface area contributed by atoms with E-state index in [1.165, 1.54) is 18.2 Å². The lowest BCUT2D eigenvalue weighted by Crippen LogP contribution is -2.58. The van der Waals surface area contributed by atoms with Crippen molar-refractivity contribution in [1.82, 2.24) is 21.3 Å². The molecule has 0 saturated carbocycles. The second kappa shape index (κ2) is 15.0. The van der Waals surface area contributed by atoms with Crippen molar-refractivity contribution in [2.24, 2.45) is 5.73 Å². The van der Waals surface area contributed by atoms with E-state index in [1.54, 1.807) is 45.0 Å². The zero-order valence-corrected chi connectivity index (χ0v) is 25.5. The number of benzene rings is 2. The largest absolute Gasteiger partial charge is 0.450 e. The maximum absolute atomic E-state index is 13.6. The molecule has 2 aliphatic heterocycles. The van der Waals surface area contributed by atoms with E-state index in [0.717, 1.165) is 0 Å². The van der Waals surface area contributed by atoms with E-state index in [0.29, 0.717) is 24.1 Å². The lowest BCUT2D eigenvalue weighted by molar-refractivity contribution is -0.385. The average molecular weight is 627 g/mol. The van der Waals surface area contributed by atoms with Crippen LogP contribution in [0.25, 0.3) is 0 Å². The van der Waals surface area contributed by atoms with Crippen molar-refractivity contribution in [2.75, 3.05) is 6.54 Å². The number of hydrogen-bond donors (Lipinski definition) is 5. The van der Waals surface area contributed by atoms with Crippen LogP contribution < -0.4 is 31.7 Å². The average Bonchev–Trinajstić information content (AvgIpc) is 2.94. The molecule has 0 aliphatic carbocycles. The summed E-state index contributed by atoms with van der Waals surface area (Å²) < 4.78 is 11.2. The Bertz CT molecular complexity index is 1440. The first-order valence-electron chi connectivity index (χ1n) is 14.4. The van der Waals surface area contributed by atoms with Crippen molar-refractivity contribution >= 4 is 35.4 Å². The molecular weight excluding hydrogens is 588 g/mol. The SMILES string of the molecule is CCCNC(=O)[C@@H]1Cc2ccc(cc2)Oc2cc(ccc2[N+](=O)[O-])C[C@H](NC(=O)OC(C)(C)C)C(=O)N[C@@H](CC(N)=O)C(=O)N1. The van der Waals surface area contributed by atoms with Crippen LogP contribution in [0.4, 0.5) is 10.5 Å². The molecule has 2 heterocycles. The van der Waals surface area contributed by atoms with E-state index in [9.17, 15) is 34.1 Å². The van der Waals surface area contributed by atoms with Crippen molar-refractivity contribution in [2.45, 2.75) is 77.1 Å². The van der Waals surface area contributed by atoms with Gasteiger partial charge in [0, 0.05) is 25.5 Å². The molecule has 242 valence electrons. The van der Waals surface area contributed by atoms with Gasteiger partial charge in [0.15, 0.2) is 0 Å². The van der Waals surface area contributed by atoms with Crippen LogP contribution in [0.3, 0.4) is 0 Å². The Morgan fingerprint density at radius 3 is 2.31 bits per heavy atom. The number of nitro benzene ring substituents is 1. The van der Waals surface area contributed by atoms with Crippen LogP contribution in [0.15, 0.2) is 42.5 Å². The molecule has 5 amide bonds. The molecule has 2 aromatic carbocycles. The number of carbonyl (C=O) groups excluding carboxylic acids is 5. The van der Waals surface area contributed by atoms with Gasteiger partial charge in [0.05, 0.1) is 11.3 Å². The summed E-state index contributed by atoms with van der Waals surface area (Å²) in [6.45, 7) is 7.08. The molecule has 0 aromatic heterocycles. The number of hydrogen-bond acceptors (Lipinski definition) is 9. The van der Waals surface area contributed by atoms with Gasteiger partial charge in [0.1, 0.15) is 29.5 Å². The number of rotatable bonds is 7. The van der Waals surface area contributed by atoms with E-state index in [1.807, 2.05) is 6.92 Å². The maximum atomic E-state index is 13.6. The molecule has 0 saturated heterocycles. The number of nitrogens with two attached hydrogens (primary N) is 1. The molecule has 6 N–H and O–H groups in total. The van der Waals surface area contributed by atoms with Crippen LogP contribution >= 0.6 is 0 Å². The van der Waals surface area contributed by atoms with Crippen LogP contribution in [-0.4, -0.2) is 64.9 Å².